The molecule has 0 spiro atoms. The molecule has 0 saturated heterocycles. The van der Waals surface area contributed by atoms with Crippen molar-refractivity contribution in [1.82, 2.24) is 10.3 Å². The minimum Gasteiger partial charge on any atom is -0.356 e. The number of amides is 1. The van der Waals surface area contributed by atoms with Crippen molar-refractivity contribution in [3.8, 4) is 0 Å². The second-order valence-corrected chi connectivity index (χ2v) is 6.74. The maximum atomic E-state index is 11.7. The molecular formula is C14H18N2OS2. The van der Waals surface area contributed by atoms with E-state index < -0.39 is 0 Å². The number of nitrogens with zero attached hydrogens (tertiary/aromatic N) is 1. The molecule has 2 aromatic rings. The van der Waals surface area contributed by atoms with Gasteiger partial charge >= 0.3 is 0 Å². The Kier molecular flexibility index (Phi) is 5.10. The first kappa shape index (κ1) is 14.2. The van der Waals surface area contributed by atoms with Crippen molar-refractivity contribution in [2.75, 3.05) is 6.54 Å². The largest absolute Gasteiger partial charge is 0.356 e. The summed E-state index contributed by atoms with van der Waals surface area (Å²) >= 11 is 3.42. The van der Waals surface area contributed by atoms with Crippen molar-refractivity contribution >= 4 is 28.6 Å². The molecule has 0 aromatic carbocycles. The Hall–Kier alpha value is -1.20. The molecule has 0 radical (unpaired) electrons. The summed E-state index contributed by atoms with van der Waals surface area (Å²) in [6.45, 7) is 4.74. The van der Waals surface area contributed by atoms with Crippen LogP contribution in [0, 0.1) is 13.8 Å². The predicted molar refractivity (Wildman–Crippen MR) is 80.9 cm³/mol. The van der Waals surface area contributed by atoms with Crippen molar-refractivity contribution < 1.29 is 4.79 Å². The first-order valence-electron chi connectivity index (χ1n) is 6.37. The zero-order valence-corrected chi connectivity index (χ0v) is 12.9. The Labute approximate surface area is 121 Å². The number of thiazole rings is 1. The summed E-state index contributed by atoms with van der Waals surface area (Å²) in [5, 5.41) is 6.11. The van der Waals surface area contributed by atoms with Crippen molar-refractivity contribution in [1.29, 1.82) is 0 Å². The quantitative estimate of drug-likeness (QED) is 0.889. The van der Waals surface area contributed by atoms with Gasteiger partial charge in [-0.15, -0.1) is 22.7 Å². The molecule has 0 aliphatic carbocycles. The van der Waals surface area contributed by atoms with Crippen molar-refractivity contribution in [3.05, 3.63) is 38.0 Å². The summed E-state index contributed by atoms with van der Waals surface area (Å²) in [4.78, 5) is 18.6. The lowest BCUT2D eigenvalue weighted by Crippen LogP contribution is -2.25. The van der Waals surface area contributed by atoms with Gasteiger partial charge in [0.05, 0.1) is 10.7 Å². The Bertz CT molecular complexity index is 532. The predicted octanol–water partition coefficient (Wildman–Crippen LogP) is 3.11. The van der Waals surface area contributed by atoms with Gasteiger partial charge in [-0.25, -0.2) is 4.98 Å². The fraction of sp³-hybridized carbons (Fsp3) is 0.429. The Morgan fingerprint density at radius 2 is 2.21 bits per heavy atom. The molecule has 1 amide bonds. The van der Waals surface area contributed by atoms with Gasteiger partial charge in [-0.2, -0.15) is 0 Å². The lowest BCUT2D eigenvalue weighted by molar-refractivity contribution is -0.121. The first-order chi connectivity index (χ1) is 9.15. The van der Waals surface area contributed by atoms with Crippen LogP contribution in [0.4, 0.5) is 0 Å². The minimum absolute atomic E-state index is 0.132. The second kappa shape index (κ2) is 6.82. The van der Waals surface area contributed by atoms with Gasteiger partial charge in [0, 0.05) is 29.1 Å². The van der Waals surface area contributed by atoms with Crippen molar-refractivity contribution in [2.24, 2.45) is 0 Å². The highest BCUT2D eigenvalue weighted by Crippen LogP contribution is 2.17. The van der Waals surface area contributed by atoms with Gasteiger partial charge in [-0.3, -0.25) is 4.79 Å². The number of aromatic nitrogens is 1. The maximum Gasteiger partial charge on any atom is 0.220 e. The van der Waals surface area contributed by atoms with E-state index in [4.69, 9.17) is 0 Å². The molecule has 2 aromatic heterocycles. The second-order valence-electron chi connectivity index (χ2n) is 4.42. The highest BCUT2D eigenvalue weighted by atomic mass is 32.1. The van der Waals surface area contributed by atoms with Crippen molar-refractivity contribution in [2.45, 2.75) is 33.1 Å². The Balaban J connectivity index is 1.68. The van der Waals surface area contributed by atoms with Gasteiger partial charge in [-0.1, -0.05) is 6.07 Å². The number of carbonyl (C=O) groups is 1. The Morgan fingerprint density at radius 1 is 1.37 bits per heavy atom. The summed E-state index contributed by atoms with van der Waals surface area (Å²) in [6, 6.07) is 4.09. The molecule has 0 aliphatic rings. The summed E-state index contributed by atoms with van der Waals surface area (Å²) in [7, 11) is 0. The molecule has 0 saturated carbocycles. The van der Waals surface area contributed by atoms with Crippen LogP contribution in [0.1, 0.15) is 26.9 Å². The van der Waals surface area contributed by atoms with Crippen molar-refractivity contribution in [3.63, 3.8) is 0 Å². The highest BCUT2D eigenvalue weighted by Gasteiger charge is 2.06. The van der Waals surface area contributed by atoms with Crippen LogP contribution in [0.3, 0.4) is 0 Å². The SMILES string of the molecule is Cc1nc(C)c(CCNC(=O)CCc2cccs2)s1. The Morgan fingerprint density at radius 3 is 2.84 bits per heavy atom. The van der Waals surface area contributed by atoms with Crippen LogP contribution in [-0.2, 0) is 17.6 Å². The topological polar surface area (TPSA) is 42.0 Å². The average Bonchev–Trinajstić information content (AvgIpc) is 2.97. The van der Waals surface area contributed by atoms with E-state index in [1.54, 1.807) is 22.7 Å². The molecule has 3 nitrogen and oxygen atoms in total. The van der Waals surface area contributed by atoms with E-state index in [0.29, 0.717) is 13.0 Å². The number of aryl methyl sites for hydroxylation is 3. The molecule has 0 bridgehead atoms. The molecule has 102 valence electrons. The number of rotatable bonds is 6. The van der Waals surface area contributed by atoms with E-state index >= 15 is 0 Å². The van der Waals surface area contributed by atoms with Crippen LogP contribution in [0.25, 0.3) is 0 Å². The van der Waals surface area contributed by atoms with Gasteiger partial charge in [0.15, 0.2) is 0 Å². The standard InChI is InChI=1S/C14H18N2OS2/c1-10-13(19-11(2)16-10)7-8-15-14(17)6-5-12-4-3-9-18-12/h3-4,9H,5-8H2,1-2H3,(H,15,17). The number of hydrogen-bond acceptors (Lipinski definition) is 4. The number of carbonyl (C=O) groups excluding carboxylic acids is 1. The van der Waals surface area contributed by atoms with E-state index in [0.717, 1.165) is 23.5 Å². The van der Waals surface area contributed by atoms with E-state index in [-0.39, 0.29) is 5.91 Å². The van der Waals surface area contributed by atoms with Crippen LogP contribution in [0.2, 0.25) is 0 Å². The van der Waals surface area contributed by atoms with E-state index in [9.17, 15) is 4.79 Å². The average molecular weight is 294 g/mol. The van der Waals surface area contributed by atoms with Gasteiger partial charge in [0.1, 0.15) is 0 Å². The summed E-state index contributed by atoms with van der Waals surface area (Å²) in [5.74, 6) is 0.132. The maximum absolute atomic E-state index is 11.7. The number of nitrogens with one attached hydrogen (secondary N) is 1. The first-order valence-corrected chi connectivity index (χ1v) is 8.07. The zero-order chi connectivity index (χ0) is 13.7. The molecule has 0 unspecified atom stereocenters. The van der Waals surface area contributed by atoms with Crippen LogP contribution in [0.5, 0.6) is 0 Å². The molecule has 2 rings (SSSR count). The summed E-state index contributed by atoms with van der Waals surface area (Å²) in [6.07, 6.45) is 2.28. The van der Waals surface area contributed by atoms with Gasteiger partial charge in [-0.05, 0) is 31.7 Å². The number of thiophene rings is 1. The molecule has 5 heteroatoms. The molecule has 0 aliphatic heterocycles. The van der Waals surface area contributed by atoms with Crippen LogP contribution >= 0.6 is 22.7 Å². The lowest BCUT2D eigenvalue weighted by Gasteiger charge is -2.03. The fourth-order valence-electron chi connectivity index (χ4n) is 1.90. The molecule has 19 heavy (non-hydrogen) atoms. The molecule has 2 heterocycles. The molecular weight excluding hydrogens is 276 g/mol. The summed E-state index contributed by atoms with van der Waals surface area (Å²) < 4.78 is 0. The van der Waals surface area contributed by atoms with E-state index in [1.807, 2.05) is 25.3 Å². The van der Waals surface area contributed by atoms with Crippen LogP contribution < -0.4 is 5.32 Å². The van der Waals surface area contributed by atoms with Gasteiger partial charge < -0.3 is 5.32 Å². The van der Waals surface area contributed by atoms with Gasteiger partial charge in [0.2, 0.25) is 5.91 Å². The zero-order valence-electron chi connectivity index (χ0n) is 11.2. The fourth-order valence-corrected chi connectivity index (χ4v) is 3.55. The normalized spacial score (nSPS) is 10.6. The van der Waals surface area contributed by atoms with Crippen LogP contribution in [0.15, 0.2) is 17.5 Å². The lowest BCUT2D eigenvalue weighted by atomic mass is 10.2. The third-order valence-corrected chi connectivity index (χ3v) is 4.92. The molecule has 0 atom stereocenters. The number of hydrogen-bond donors (Lipinski definition) is 1. The van der Waals surface area contributed by atoms with Gasteiger partial charge in [0.25, 0.3) is 0 Å². The molecule has 0 fully saturated rings. The smallest absolute Gasteiger partial charge is 0.220 e. The van der Waals surface area contributed by atoms with Crippen LogP contribution in [-0.4, -0.2) is 17.4 Å². The molecule has 1 N–H and O–H groups in total. The van der Waals surface area contributed by atoms with E-state index in [1.165, 1.54) is 9.75 Å². The minimum atomic E-state index is 0.132. The van der Waals surface area contributed by atoms with E-state index in [2.05, 4.69) is 16.4 Å². The third-order valence-electron chi connectivity index (χ3n) is 2.85. The highest BCUT2D eigenvalue weighted by molar-refractivity contribution is 7.11. The summed E-state index contributed by atoms with van der Waals surface area (Å²) in [5.41, 5.74) is 1.09. The monoisotopic (exact) mass is 294 g/mol. The third kappa shape index (κ3) is 4.44.